The lowest BCUT2D eigenvalue weighted by Gasteiger charge is -2.09. The molecule has 0 aromatic heterocycles. The minimum atomic E-state index is -0.0260. The number of anilines is 2. The van der Waals surface area contributed by atoms with Gasteiger partial charge in [0, 0.05) is 30.6 Å². The molecular weight excluding hydrogens is 232 g/mol. The molecule has 0 atom stereocenters. The molecule has 1 aromatic rings. The van der Waals surface area contributed by atoms with E-state index in [-0.39, 0.29) is 5.78 Å². The molecule has 3 N–H and O–H groups in total. The van der Waals surface area contributed by atoms with Crippen LogP contribution in [0.4, 0.5) is 11.4 Å². The van der Waals surface area contributed by atoms with Gasteiger partial charge in [0.15, 0.2) is 5.78 Å². The third-order valence-corrected chi connectivity index (χ3v) is 2.44. The monoisotopic (exact) mass is 252 g/mol. The second-order valence-electron chi connectivity index (χ2n) is 3.89. The maximum atomic E-state index is 11.2. The Morgan fingerprint density at radius 1 is 1.33 bits per heavy atom. The molecule has 1 rings (SSSR count). The van der Waals surface area contributed by atoms with Crippen LogP contribution in [0.1, 0.15) is 17.3 Å². The van der Waals surface area contributed by atoms with Crippen molar-refractivity contribution in [1.29, 1.82) is 0 Å². The van der Waals surface area contributed by atoms with E-state index < -0.39 is 0 Å². The Hall–Kier alpha value is -1.59. The van der Waals surface area contributed by atoms with Gasteiger partial charge in [-0.25, -0.2) is 0 Å². The van der Waals surface area contributed by atoms with Crippen molar-refractivity contribution in [2.75, 3.05) is 44.5 Å². The third kappa shape index (κ3) is 4.73. The molecule has 5 nitrogen and oxygen atoms in total. The van der Waals surface area contributed by atoms with E-state index in [0.29, 0.717) is 37.6 Å². The second kappa shape index (κ2) is 7.68. The van der Waals surface area contributed by atoms with Crippen molar-refractivity contribution in [2.24, 2.45) is 0 Å². The maximum absolute atomic E-state index is 11.2. The van der Waals surface area contributed by atoms with Gasteiger partial charge in [0.2, 0.25) is 0 Å². The number of Topliss-reactive ketones (excluding diaryl/α,β-unsaturated/α-hetero) is 1. The van der Waals surface area contributed by atoms with Gasteiger partial charge in [-0.05, 0) is 25.1 Å². The van der Waals surface area contributed by atoms with Crippen LogP contribution in [-0.2, 0) is 9.47 Å². The number of benzene rings is 1. The number of hydrogen-bond donors (Lipinski definition) is 2. The van der Waals surface area contributed by atoms with Gasteiger partial charge in [-0.2, -0.15) is 0 Å². The Balaban J connectivity index is 2.35. The number of methoxy groups -OCH3 is 1. The van der Waals surface area contributed by atoms with E-state index in [2.05, 4.69) is 5.32 Å². The lowest BCUT2D eigenvalue weighted by Crippen LogP contribution is -2.12. The van der Waals surface area contributed by atoms with Crippen molar-refractivity contribution in [3.8, 4) is 0 Å². The molecular formula is C13H20N2O3. The van der Waals surface area contributed by atoms with Gasteiger partial charge in [-0.1, -0.05) is 0 Å². The number of rotatable bonds is 8. The zero-order valence-electron chi connectivity index (χ0n) is 10.9. The van der Waals surface area contributed by atoms with Crippen LogP contribution >= 0.6 is 0 Å². The number of ketones is 1. The van der Waals surface area contributed by atoms with Crippen molar-refractivity contribution in [3.63, 3.8) is 0 Å². The van der Waals surface area contributed by atoms with Gasteiger partial charge in [-0.15, -0.1) is 0 Å². The Morgan fingerprint density at radius 2 is 2.11 bits per heavy atom. The first-order valence-electron chi connectivity index (χ1n) is 5.86. The molecule has 100 valence electrons. The standard InChI is InChI=1S/C13H20N2O3/c1-10(16)12-4-3-11(9-13(12)14)15-5-6-18-8-7-17-2/h3-4,9,15H,5-8,14H2,1-2H3. The first kappa shape index (κ1) is 14.5. The summed E-state index contributed by atoms with van der Waals surface area (Å²) in [7, 11) is 1.64. The van der Waals surface area contributed by atoms with Gasteiger partial charge in [0.05, 0.1) is 19.8 Å². The molecule has 0 amide bonds. The highest BCUT2D eigenvalue weighted by Crippen LogP contribution is 2.18. The number of nitrogens with one attached hydrogen (secondary N) is 1. The molecule has 0 unspecified atom stereocenters. The van der Waals surface area contributed by atoms with E-state index in [1.807, 2.05) is 6.07 Å². The zero-order chi connectivity index (χ0) is 13.4. The Morgan fingerprint density at radius 3 is 2.72 bits per heavy atom. The quantitative estimate of drug-likeness (QED) is 0.417. The van der Waals surface area contributed by atoms with Gasteiger partial charge < -0.3 is 20.5 Å². The second-order valence-corrected chi connectivity index (χ2v) is 3.89. The minimum Gasteiger partial charge on any atom is -0.398 e. The van der Waals surface area contributed by atoms with Crippen LogP contribution in [0.2, 0.25) is 0 Å². The Kier molecular flexibility index (Phi) is 6.18. The van der Waals surface area contributed by atoms with Crippen molar-refractivity contribution in [2.45, 2.75) is 6.92 Å². The SMILES string of the molecule is COCCOCCNc1ccc(C(C)=O)c(N)c1. The van der Waals surface area contributed by atoms with Gasteiger partial charge >= 0.3 is 0 Å². The summed E-state index contributed by atoms with van der Waals surface area (Å²) >= 11 is 0. The van der Waals surface area contributed by atoms with Crippen LogP contribution in [0, 0.1) is 0 Å². The molecule has 0 radical (unpaired) electrons. The molecule has 0 heterocycles. The van der Waals surface area contributed by atoms with Gasteiger partial charge in [0.25, 0.3) is 0 Å². The van der Waals surface area contributed by atoms with E-state index >= 15 is 0 Å². The number of hydrogen-bond acceptors (Lipinski definition) is 5. The molecule has 1 aromatic carbocycles. The largest absolute Gasteiger partial charge is 0.398 e. The van der Waals surface area contributed by atoms with Crippen LogP contribution in [0.5, 0.6) is 0 Å². The molecule has 0 aliphatic rings. The summed E-state index contributed by atoms with van der Waals surface area (Å²) in [5.74, 6) is -0.0260. The summed E-state index contributed by atoms with van der Waals surface area (Å²) in [5, 5.41) is 3.17. The molecule has 0 bridgehead atoms. The van der Waals surface area contributed by atoms with E-state index in [4.69, 9.17) is 15.2 Å². The average molecular weight is 252 g/mol. The van der Waals surface area contributed by atoms with E-state index in [9.17, 15) is 4.79 Å². The first-order chi connectivity index (χ1) is 8.65. The average Bonchev–Trinajstić information content (AvgIpc) is 2.33. The van der Waals surface area contributed by atoms with Crippen LogP contribution in [-0.4, -0.2) is 39.3 Å². The highest BCUT2D eigenvalue weighted by molar-refractivity contribution is 5.99. The highest BCUT2D eigenvalue weighted by atomic mass is 16.5. The van der Waals surface area contributed by atoms with E-state index in [0.717, 1.165) is 5.69 Å². The molecule has 0 saturated carbocycles. The highest BCUT2D eigenvalue weighted by Gasteiger charge is 2.04. The molecule has 0 fully saturated rings. The first-order valence-corrected chi connectivity index (χ1v) is 5.86. The lowest BCUT2D eigenvalue weighted by molar-refractivity contribution is 0.0759. The minimum absolute atomic E-state index is 0.0260. The van der Waals surface area contributed by atoms with E-state index in [1.165, 1.54) is 6.92 Å². The predicted molar refractivity (Wildman–Crippen MR) is 72.0 cm³/mol. The summed E-state index contributed by atoms with van der Waals surface area (Å²) in [4.78, 5) is 11.2. The molecule has 0 spiro atoms. The number of ether oxygens (including phenoxy) is 2. The van der Waals surface area contributed by atoms with E-state index in [1.54, 1.807) is 19.2 Å². The summed E-state index contributed by atoms with van der Waals surface area (Å²) in [6.45, 7) is 3.96. The van der Waals surface area contributed by atoms with Crippen molar-refractivity contribution in [3.05, 3.63) is 23.8 Å². The summed E-state index contributed by atoms with van der Waals surface area (Å²) in [6.07, 6.45) is 0. The number of nitrogen functional groups attached to an aromatic ring is 1. The lowest BCUT2D eigenvalue weighted by atomic mass is 10.1. The fourth-order valence-electron chi connectivity index (χ4n) is 1.51. The van der Waals surface area contributed by atoms with Crippen molar-refractivity contribution < 1.29 is 14.3 Å². The molecule has 0 aliphatic heterocycles. The third-order valence-electron chi connectivity index (χ3n) is 2.44. The molecule has 18 heavy (non-hydrogen) atoms. The van der Waals surface area contributed by atoms with Crippen LogP contribution in [0.25, 0.3) is 0 Å². The molecule has 5 heteroatoms. The van der Waals surface area contributed by atoms with Crippen molar-refractivity contribution in [1.82, 2.24) is 0 Å². The van der Waals surface area contributed by atoms with Crippen molar-refractivity contribution >= 4 is 17.2 Å². The van der Waals surface area contributed by atoms with Gasteiger partial charge in [0.1, 0.15) is 0 Å². The zero-order valence-corrected chi connectivity index (χ0v) is 10.9. The summed E-state index contributed by atoms with van der Waals surface area (Å²) < 4.78 is 10.2. The van der Waals surface area contributed by atoms with Crippen LogP contribution in [0.15, 0.2) is 18.2 Å². The Bertz CT molecular complexity index is 394. The predicted octanol–water partition coefficient (Wildman–Crippen LogP) is 1.55. The summed E-state index contributed by atoms with van der Waals surface area (Å²) in [5.41, 5.74) is 7.71. The number of nitrogens with two attached hydrogens (primary N) is 1. The number of carbonyl (C=O) groups is 1. The fraction of sp³-hybridized carbons (Fsp3) is 0.462. The smallest absolute Gasteiger partial charge is 0.161 e. The number of carbonyl (C=O) groups excluding carboxylic acids is 1. The molecule has 0 aliphatic carbocycles. The normalized spacial score (nSPS) is 10.3. The molecule has 0 saturated heterocycles. The summed E-state index contributed by atoms with van der Waals surface area (Å²) in [6, 6.07) is 5.32. The van der Waals surface area contributed by atoms with Gasteiger partial charge in [-0.3, -0.25) is 4.79 Å². The van der Waals surface area contributed by atoms with Crippen LogP contribution in [0.3, 0.4) is 0 Å². The maximum Gasteiger partial charge on any atom is 0.161 e. The van der Waals surface area contributed by atoms with Crippen LogP contribution < -0.4 is 11.1 Å². The topological polar surface area (TPSA) is 73.6 Å². The Labute approximate surface area is 107 Å². The fourth-order valence-corrected chi connectivity index (χ4v) is 1.51.